The van der Waals surface area contributed by atoms with E-state index in [0.29, 0.717) is 13.1 Å². The van der Waals surface area contributed by atoms with Crippen molar-refractivity contribution in [2.24, 2.45) is 5.92 Å². The highest BCUT2D eigenvalue weighted by atomic mass is 32.1. The minimum Gasteiger partial charge on any atom is -0.481 e. The highest BCUT2D eigenvalue weighted by molar-refractivity contribution is 7.11. The average molecular weight is 311 g/mol. The van der Waals surface area contributed by atoms with Crippen molar-refractivity contribution < 1.29 is 14.7 Å². The number of hydrogen-bond donors (Lipinski definition) is 2. The molecule has 1 aromatic heterocycles. The summed E-state index contributed by atoms with van der Waals surface area (Å²) < 4.78 is 0. The molecule has 0 aliphatic carbocycles. The van der Waals surface area contributed by atoms with Gasteiger partial charge >= 0.3 is 12.0 Å². The molecule has 1 saturated heterocycles. The lowest BCUT2D eigenvalue weighted by atomic mass is 10.1. The van der Waals surface area contributed by atoms with Gasteiger partial charge in [-0.25, -0.2) is 9.78 Å². The second-order valence-corrected chi connectivity index (χ2v) is 6.53. The molecule has 2 heterocycles. The molecule has 1 aromatic rings. The number of urea groups is 1. The fraction of sp³-hybridized carbons (Fsp3) is 0.643. The lowest BCUT2D eigenvalue weighted by Gasteiger charge is -2.20. The Labute approximate surface area is 128 Å². The van der Waals surface area contributed by atoms with Crippen LogP contribution in [0.2, 0.25) is 0 Å². The zero-order chi connectivity index (χ0) is 15.4. The Balaban J connectivity index is 1.85. The largest absolute Gasteiger partial charge is 0.481 e. The van der Waals surface area contributed by atoms with Crippen LogP contribution in [0, 0.1) is 5.92 Å². The molecule has 0 radical (unpaired) electrons. The van der Waals surface area contributed by atoms with Crippen molar-refractivity contribution in [1.82, 2.24) is 15.2 Å². The maximum Gasteiger partial charge on any atom is 0.317 e. The van der Waals surface area contributed by atoms with Crippen LogP contribution in [0.1, 0.15) is 42.6 Å². The van der Waals surface area contributed by atoms with E-state index in [1.54, 1.807) is 16.2 Å². The van der Waals surface area contributed by atoms with E-state index in [4.69, 9.17) is 5.11 Å². The Bertz CT molecular complexity index is 517. The van der Waals surface area contributed by atoms with Crippen LogP contribution in [-0.4, -0.2) is 40.1 Å². The number of carbonyl (C=O) groups excluding carboxylic acids is 1. The van der Waals surface area contributed by atoms with Crippen LogP contribution >= 0.6 is 11.3 Å². The third-order valence-corrected chi connectivity index (χ3v) is 4.99. The van der Waals surface area contributed by atoms with Gasteiger partial charge in [0.15, 0.2) is 0 Å². The molecule has 7 heteroatoms. The van der Waals surface area contributed by atoms with Gasteiger partial charge in [-0.05, 0) is 25.7 Å². The Morgan fingerprint density at radius 3 is 3.00 bits per heavy atom. The van der Waals surface area contributed by atoms with E-state index in [2.05, 4.69) is 17.2 Å². The summed E-state index contributed by atoms with van der Waals surface area (Å²) in [7, 11) is 0. The molecule has 1 fully saturated rings. The van der Waals surface area contributed by atoms with Gasteiger partial charge in [-0.2, -0.15) is 0 Å². The number of aromatic nitrogens is 1. The number of likely N-dealkylation sites (tertiary alicyclic amines) is 1. The molecular weight excluding hydrogens is 290 g/mol. The van der Waals surface area contributed by atoms with E-state index >= 15 is 0 Å². The summed E-state index contributed by atoms with van der Waals surface area (Å²) >= 11 is 1.61. The molecule has 2 rings (SSSR count). The van der Waals surface area contributed by atoms with Gasteiger partial charge in [-0.3, -0.25) is 4.79 Å². The van der Waals surface area contributed by atoms with E-state index in [-0.39, 0.29) is 24.4 Å². The summed E-state index contributed by atoms with van der Waals surface area (Å²) in [6, 6.07) is -0.259. The van der Waals surface area contributed by atoms with Gasteiger partial charge < -0.3 is 15.3 Å². The predicted molar refractivity (Wildman–Crippen MR) is 80.4 cm³/mol. The normalized spacial score (nSPS) is 19.5. The molecule has 0 spiro atoms. The van der Waals surface area contributed by atoms with Gasteiger partial charge in [-0.1, -0.05) is 6.92 Å². The molecule has 1 aliphatic rings. The van der Waals surface area contributed by atoms with Gasteiger partial charge in [0.1, 0.15) is 5.01 Å². The second-order valence-electron chi connectivity index (χ2n) is 5.39. The van der Waals surface area contributed by atoms with Crippen LogP contribution in [0.25, 0.3) is 0 Å². The van der Waals surface area contributed by atoms with Crippen molar-refractivity contribution in [2.45, 2.75) is 39.2 Å². The van der Waals surface area contributed by atoms with Crippen LogP contribution in [0.4, 0.5) is 4.79 Å². The highest BCUT2D eigenvalue weighted by Gasteiger charge is 2.28. The van der Waals surface area contributed by atoms with Crippen LogP contribution in [-0.2, 0) is 11.2 Å². The second kappa shape index (κ2) is 6.89. The van der Waals surface area contributed by atoms with Crippen molar-refractivity contribution in [3.05, 3.63) is 16.1 Å². The molecule has 2 atom stereocenters. The Kier molecular flexibility index (Phi) is 5.17. The van der Waals surface area contributed by atoms with Crippen molar-refractivity contribution in [2.75, 3.05) is 13.1 Å². The van der Waals surface area contributed by atoms with Crippen molar-refractivity contribution >= 4 is 23.3 Å². The van der Waals surface area contributed by atoms with E-state index in [0.717, 1.165) is 17.8 Å². The number of thiazole rings is 1. The molecule has 2 amide bonds. The topological polar surface area (TPSA) is 82.5 Å². The third-order valence-electron chi connectivity index (χ3n) is 3.67. The summed E-state index contributed by atoms with van der Waals surface area (Å²) in [5.41, 5.74) is 0. The van der Waals surface area contributed by atoms with E-state index in [9.17, 15) is 9.59 Å². The van der Waals surface area contributed by atoms with Crippen LogP contribution in [0.5, 0.6) is 0 Å². The fourth-order valence-corrected chi connectivity index (χ4v) is 3.31. The molecule has 2 N–H and O–H groups in total. The summed E-state index contributed by atoms with van der Waals surface area (Å²) in [4.78, 5) is 30.1. The van der Waals surface area contributed by atoms with E-state index < -0.39 is 5.97 Å². The summed E-state index contributed by atoms with van der Waals surface area (Å²) in [6.45, 7) is 5.13. The fourth-order valence-electron chi connectivity index (χ4n) is 2.46. The highest BCUT2D eigenvalue weighted by Crippen LogP contribution is 2.22. The zero-order valence-corrected chi connectivity index (χ0v) is 13.2. The number of carboxylic acids is 1. The summed E-state index contributed by atoms with van der Waals surface area (Å²) in [5, 5.41) is 12.6. The summed E-state index contributed by atoms with van der Waals surface area (Å²) in [6.07, 6.45) is 3.68. The van der Waals surface area contributed by atoms with E-state index in [1.807, 2.05) is 13.1 Å². The maximum atomic E-state index is 12.2. The minimum absolute atomic E-state index is 0.0649. The number of aryl methyl sites for hydroxylation is 1. The van der Waals surface area contributed by atoms with Crippen molar-refractivity contribution in [1.29, 1.82) is 0 Å². The molecule has 0 saturated carbocycles. The smallest absolute Gasteiger partial charge is 0.317 e. The van der Waals surface area contributed by atoms with Crippen molar-refractivity contribution in [3.8, 4) is 0 Å². The number of nitrogens with one attached hydrogen (secondary N) is 1. The number of amides is 2. The molecule has 0 bridgehead atoms. The molecule has 116 valence electrons. The van der Waals surface area contributed by atoms with Gasteiger partial charge in [-0.15, -0.1) is 11.3 Å². The monoisotopic (exact) mass is 311 g/mol. The first-order valence-corrected chi connectivity index (χ1v) is 8.03. The lowest BCUT2D eigenvalue weighted by molar-refractivity contribution is -0.138. The number of rotatable bonds is 5. The number of aliphatic carboxylic acids is 1. The Morgan fingerprint density at radius 2 is 2.38 bits per heavy atom. The summed E-state index contributed by atoms with van der Waals surface area (Å²) in [5.74, 6) is -0.736. The maximum absolute atomic E-state index is 12.2. The molecule has 21 heavy (non-hydrogen) atoms. The molecule has 2 unspecified atom stereocenters. The van der Waals surface area contributed by atoms with Gasteiger partial charge in [0.2, 0.25) is 0 Å². The molecule has 1 aliphatic heterocycles. The SMILES string of the molecule is CCc1cnc(C(C)NC(=O)N2CCC(CC(=O)O)C2)s1. The van der Waals surface area contributed by atoms with E-state index in [1.165, 1.54) is 4.88 Å². The lowest BCUT2D eigenvalue weighted by Crippen LogP contribution is -2.39. The minimum atomic E-state index is -0.800. The predicted octanol–water partition coefficient (Wildman–Crippen LogP) is 2.27. The first-order chi connectivity index (χ1) is 9.99. The van der Waals surface area contributed by atoms with Crippen molar-refractivity contribution in [3.63, 3.8) is 0 Å². The molecule has 6 nitrogen and oxygen atoms in total. The van der Waals surface area contributed by atoms with Gasteiger partial charge in [0.05, 0.1) is 6.04 Å². The average Bonchev–Trinajstić information content (AvgIpc) is 3.06. The van der Waals surface area contributed by atoms with Gasteiger partial charge in [0.25, 0.3) is 0 Å². The van der Waals surface area contributed by atoms with Crippen LogP contribution in [0.15, 0.2) is 6.20 Å². The third kappa shape index (κ3) is 4.17. The Morgan fingerprint density at radius 1 is 1.62 bits per heavy atom. The quantitative estimate of drug-likeness (QED) is 0.874. The zero-order valence-electron chi connectivity index (χ0n) is 12.3. The number of hydrogen-bond acceptors (Lipinski definition) is 4. The molecular formula is C14H21N3O3S. The first kappa shape index (κ1) is 15.8. The van der Waals surface area contributed by atoms with Crippen LogP contribution < -0.4 is 5.32 Å². The molecule has 0 aromatic carbocycles. The first-order valence-electron chi connectivity index (χ1n) is 7.21. The standard InChI is InChI=1S/C14H21N3O3S/c1-3-11-7-15-13(21-11)9(2)16-14(20)17-5-4-10(8-17)6-12(18)19/h7,9-10H,3-6,8H2,1-2H3,(H,16,20)(H,18,19). The number of carbonyl (C=O) groups is 2. The van der Waals surface area contributed by atoms with Gasteiger partial charge in [0, 0.05) is 30.6 Å². The van der Waals surface area contributed by atoms with Crippen LogP contribution in [0.3, 0.4) is 0 Å². The number of nitrogens with zero attached hydrogens (tertiary/aromatic N) is 2. The number of carboxylic acid groups (broad SMARTS) is 1. The Hall–Kier alpha value is -1.63.